The first kappa shape index (κ1) is 34.1. The molecule has 0 bridgehead atoms. The van der Waals surface area contributed by atoms with Gasteiger partial charge in [0.25, 0.3) is 11.5 Å². The van der Waals surface area contributed by atoms with Gasteiger partial charge in [-0.05, 0) is 62.9 Å². The number of nitrogens with zero attached hydrogens (tertiary/aromatic N) is 3. The molecule has 2 aliphatic rings. The highest BCUT2D eigenvalue weighted by Crippen LogP contribution is 2.35. The third kappa shape index (κ3) is 7.89. The first-order valence-corrected chi connectivity index (χ1v) is 15.4. The van der Waals surface area contributed by atoms with Crippen molar-refractivity contribution in [3.63, 3.8) is 0 Å². The first-order chi connectivity index (χ1) is 21.4. The molecule has 45 heavy (non-hydrogen) atoms. The van der Waals surface area contributed by atoms with Gasteiger partial charge < -0.3 is 28.7 Å². The Balaban J connectivity index is 1.35. The molecule has 2 aromatic rings. The lowest BCUT2D eigenvalue weighted by molar-refractivity contribution is -0.159. The molecular formula is C32H44N4O9. The summed E-state index contributed by atoms with van der Waals surface area (Å²) in [7, 11) is 1.52. The highest BCUT2D eigenvalue weighted by Gasteiger charge is 2.48. The Morgan fingerprint density at radius 1 is 0.911 bits per heavy atom. The molecule has 1 aromatic carbocycles. The van der Waals surface area contributed by atoms with Gasteiger partial charge in [-0.2, -0.15) is 0 Å². The van der Waals surface area contributed by atoms with Crippen molar-refractivity contribution in [2.24, 2.45) is 0 Å². The number of hydrogen-bond acceptors (Lipinski definition) is 9. The predicted molar refractivity (Wildman–Crippen MR) is 164 cm³/mol. The second kappa shape index (κ2) is 15.0. The smallest absolute Gasteiger partial charge is 0.330 e. The van der Waals surface area contributed by atoms with Gasteiger partial charge in [0, 0.05) is 57.0 Å². The summed E-state index contributed by atoms with van der Waals surface area (Å²) in [4.78, 5) is 69.4. The lowest BCUT2D eigenvalue weighted by Crippen LogP contribution is -2.50. The zero-order chi connectivity index (χ0) is 32.8. The van der Waals surface area contributed by atoms with E-state index in [1.807, 2.05) is 39.8 Å². The van der Waals surface area contributed by atoms with E-state index in [0.717, 1.165) is 11.1 Å². The molecule has 13 nitrogen and oxygen atoms in total. The summed E-state index contributed by atoms with van der Waals surface area (Å²) in [6.45, 7) is 11.4. The monoisotopic (exact) mass is 628 g/mol. The molecule has 2 fully saturated rings. The highest BCUT2D eigenvalue weighted by molar-refractivity contribution is 5.95. The Bertz CT molecular complexity index is 1490. The normalized spacial score (nSPS) is 21.6. The quantitative estimate of drug-likeness (QED) is 0.290. The number of esters is 1. The summed E-state index contributed by atoms with van der Waals surface area (Å²) >= 11 is 0. The molecular weight excluding hydrogens is 584 g/mol. The van der Waals surface area contributed by atoms with E-state index in [2.05, 4.69) is 4.98 Å². The molecule has 2 saturated heterocycles. The number of benzene rings is 1. The molecule has 0 radical (unpaired) electrons. The molecule has 1 aromatic heterocycles. The predicted octanol–water partition coefficient (Wildman–Crippen LogP) is 1.79. The number of aryl methyl sites for hydroxylation is 3. The maximum atomic E-state index is 13.1. The second-order valence-electron chi connectivity index (χ2n) is 11.6. The Morgan fingerprint density at radius 3 is 2.18 bits per heavy atom. The number of H-pyrrole nitrogens is 1. The van der Waals surface area contributed by atoms with Crippen LogP contribution in [0, 0.1) is 27.7 Å². The van der Waals surface area contributed by atoms with Crippen LogP contribution in [-0.4, -0.2) is 102 Å². The maximum absolute atomic E-state index is 13.1. The number of nitrogens with one attached hydrogen (secondary N) is 1. The van der Waals surface area contributed by atoms with Crippen LogP contribution in [-0.2, 0) is 28.5 Å². The van der Waals surface area contributed by atoms with Crippen LogP contribution in [0.1, 0.15) is 65.0 Å². The molecule has 2 aliphatic heterocycles. The van der Waals surface area contributed by atoms with Crippen molar-refractivity contribution < 1.29 is 33.3 Å². The van der Waals surface area contributed by atoms with E-state index < -0.39 is 41.8 Å². The van der Waals surface area contributed by atoms with E-state index in [0.29, 0.717) is 43.7 Å². The van der Waals surface area contributed by atoms with Crippen LogP contribution in [0.15, 0.2) is 27.9 Å². The number of aromatic amines is 1. The number of carbonyl (C=O) groups excluding carboxylic acids is 3. The number of piperazine rings is 1. The fraction of sp³-hybridized carbons (Fsp3) is 0.594. The van der Waals surface area contributed by atoms with Gasteiger partial charge in [-0.1, -0.05) is 6.92 Å². The first-order valence-electron chi connectivity index (χ1n) is 15.4. The summed E-state index contributed by atoms with van der Waals surface area (Å²) in [6, 6.07) is 3.81. The number of amides is 2. The second-order valence-corrected chi connectivity index (χ2v) is 11.6. The van der Waals surface area contributed by atoms with Crippen molar-refractivity contribution in [1.82, 2.24) is 19.4 Å². The third-order valence-electron chi connectivity index (χ3n) is 8.61. The van der Waals surface area contributed by atoms with Gasteiger partial charge >= 0.3 is 11.7 Å². The summed E-state index contributed by atoms with van der Waals surface area (Å²) in [5.74, 6) is -0.849. The minimum Gasteiger partial charge on any atom is -0.457 e. The Labute approximate surface area is 262 Å². The third-order valence-corrected chi connectivity index (χ3v) is 8.61. The van der Waals surface area contributed by atoms with Crippen LogP contribution < -0.4 is 11.2 Å². The van der Waals surface area contributed by atoms with Crippen LogP contribution in [0.2, 0.25) is 0 Å². The number of aromatic nitrogens is 2. The molecule has 246 valence electrons. The van der Waals surface area contributed by atoms with Crippen molar-refractivity contribution in [3.8, 4) is 0 Å². The Morgan fingerprint density at radius 2 is 1.56 bits per heavy atom. The van der Waals surface area contributed by atoms with E-state index in [1.165, 1.54) is 23.4 Å². The SMILES string of the molecule is CC[C@H]1O[C@@H](n2cc(C)c(=O)[nH]c2=O)[C@@H](OCCOC)C1OC(=O)CCC(=O)N1CCN(C(=O)c2cc(C)c(C)c(C)c2)CC1. The Hall–Kier alpha value is -3.81. The van der Waals surface area contributed by atoms with Crippen molar-refractivity contribution in [3.05, 3.63) is 67.0 Å². The zero-order valence-corrected chi connectivity index (χ0v) is 26.9. The topological polar surface area (TPSA) is 149 Å². The summed E-state index contributed by atoms with van der Waals surface area (Å²) < 4.78 is 24.3. The van der Waals surface area contributed by atoms with Crippen molar-refractivity contribution in [1.29, 1.82) is 0 Å². The van der Waals surface area contributed by atoms with Gasteiger partial charge in [0.15, 0.2) is 12.3 Å². The van der Waals surface area contributed by atoms with Crippen molar-refractivity contribution in [2.45, 2.75) is 78.4 Å². The van der Waals surface area contributed by atoms with Crippen molar-refractivity contribution in [2.75, 3.05) is 46.5 Å². The van der Waals surface area contributed by atoms with Crippen LogP contribution in [0.5, 0.6) is 0 Å². The fourth-order valence-corrected chi connectivity index (χ4v) is 5.70. The van der Waals surface area contributed by atoms with E-state index >= 15 is 0 Å². The van der Waals surface area contributed by atoms with E-state index in [9.17, 15) is 24.0 Å². The zero-order valence-electron chi connectivity index (χ0n) is 26.9. The van der Waals surface area contributed by atoms with Crippen LogP contribution in [0.3, 0.4) is 0 Å². The van der Waals surface area contributed by atoms with Crippen LogP contribution in [0.4, 0.5) is 0 Å². The van der Waals surface area contributed by atoms with E-state index in [1.54, 1.807) is 16.7 Å². The molecule has 3 heterocycles. The summed E-state index contributed by atoms with van der Waals surface area (Å²) in [5.41, 5.74) is 3.08. The van der Waals surface area contributed by atoms with Crippen LogP contribution in [0.25, 0.3) is 0 Å². The number of carbonyl (C=O) groups is 3. The van der Waals surface area contributed by atoms with Gasteiger partial charge in [-0.3, -0.25) is 28.7 Å². The fourth-order valence-electron chi connectivity index (χ4n) is 5.70. The minimum absolute atomic E-state index is 0.0509. The van der Waals surface area contributed by atoms with Gasteiger partial charge in [0.1, 0.15) is 6.10 Å². The largest absolute Gasteiger partial charge is 0.457 e. The molecule has 13 heteroatoms. The molecule has 1 N–H and O–H groups in total. The van der Waals surface area contributed by atoms with Gasteiger partial charge in [-0.25, -0.2) is 4.79 Å². The lowest BCUT2D eigenvalue weighted by atomic mass is 10.00. The lowest BCUT2D eigenvalue weighted by Gasteiger charge is -2.35. The minimum atomic E-state index is -0.957. The van der Waals surface area contributed by atoms with E-state index in [4.69, 9.17) is 18.9 Å². The number of hydrogen-bond donors (Lipinski definition) is 1. The molecule has 4 rings (SSSR count). The average molecular weight is 629 g/mol. The molecule has 4 atom stereocenters. The van der Waals surface area contributed by atoms with Gasteiger partial charge in [0.2, 0.25) is 5.91 Å². The standard InChI is InChI=1S/C32H44N4O9/c1-7-24-27(28(43-15-14-42-6)31(44-24)36-18-21(4)29(39)33-32(36)41)45-26(38)9-8-25(37)34-10-12-35(13-11-34)30(40)23-16-19(2)22(5)20(3)17-23/h16-18,24,27-28,31H,7-15H2,1-6H3,(H,33,39,41)/t24-,27?,28+,31-/m1/s1. The summed E-state index contributed by atoms with van der Waals surface area (Å²) in [6.07, 6.45) is -1.62. The molecule has 0 saturated carbocycles. The average Bonchev–Trinajstić information content (AvgIpc) is 3.36. The number of methoxy groups -OCH3 is 1. The maximum Gasteiger partial charge on any atom is 0.330 e. The molecule has 0 spiro atoms. The van der Waals surface area contributed by atoms with Gasteiger partial charge in [0.05, 0.1) is 25.7 Å². The number of ether oxygens (including phenoxy) is 4. The molecule has 1 unspecified atom stereocenters. The molecule has 0 aliphatic carbocycles. The summed E-state index contributed by atoms with van der Waals surface area (Å²) in [5, 5.41) is 0. The van der Waals surface area contributed by atoms with E-state index in [-0.39, 0.29) is 37.9 Å². The van der Waals surface area contributed by atoms with Crippen molar-refractivity contribution >= 4 is 17.8 Å². The van der Waals surface area contributed by atoms with Crippen LogP contribution >= 0.6 is 0 Å². The van der Waals surface area contributed by atoms with Gasteiger partial charge in [-0.15, -0.1) is 0 Å². The number of rotatable bonds is 11. The Kier molecular flexibility index (Phi) is 11.3. The highest BCUT2D eigenvalue weighted by atomic mass is 16.6. The molecule has 2 amide bonds.